The zero-order valence-electron chi connectivity index (χ0n) is 8.74. The SMILES string of the molecule is O=C(NC1CCC1)[C@H]1CCC[C@H]1C(=O)O. The molecule has 2 aliphatic carbocycles. The number of aliphatic carboxylic acids is 1. The second kappa shape index (κ2) is 4.21. The third-order valence-electron chi connectivity index (χ3n) is 3.62. The van der Waals surface area contributed by atoms with Crippen LogP contribution in [0, 0.1) is 11.8 Å². The Morgan fingerprint density at radius 3 is 2.13 bits per heavy atom. The molecule has 15 heavy (non-hydrogen) atoms. The summed E-state index contributed by atoms with van der Waals surface area (Å²) in [6.07, 6.45) is 5.53. The van der Waals surface area contributed by atoms with Crippen LogP contribution in [-0.4, -0.2) is 23.0 Å². The Labute approximate surface area is 89.0 Å². The second-order valence-corrected chi connectivity index (χ2v) is 4.62. The molecule has 84 valence electrons. The van der Waals surface area contributed by atoms with Gasteiger partial charge >= 0.3 is 5.97 Å². The number of rotatable bonds is 3. The molecule has 0 aromatic carbocycles. The highest BCUT2D eigenvalue weighted by molar-refractivity contribution is 5.85. The smallest absolute Gasteiger partial charge is 0.307 e. The Balaban J connectivity index is 1.90. The average molecular weight is 211 g/mol. The third-order valence-corrected chi connectivity index (χ3v) is 3.62. The summed E-state index contributed by atoms with van der Waals surface area (Å²) < 4.78 is 0. The van der Waals surface area contributed by atoms with E-state index >= 15 is 0 Å². The van der Waals surface area contributed by atoms with Crippen LogP contribution in [0.25, 0.3) is 0 Å². The van der Waals surface area contributed by atoms with Gasteiger partial charge in [0.15, 0.2) is 0 Å². The zero-order chi connectivity index (χ0) is 10.8. The summed E-state index contributed by atoms with van der Waals surface area (Å²) in [6, 6.07) is 0.313. The predicted octanol–water partition coefficient (Wildman–Crippen LogP) is 1.16. The van der Waals surface area contributed by atoms with Crippen molar-refractivity contribution >= 4 is 11.9 Å². The maximum atomic E-state index is 11.8. The lowest BCUT2D eigenvalue weighted by atomic mass is 9.90. The summed E-state index contributed by atoms with van der Waals surface area (Å²) in [7, 11) is 0. The van der Waals surface area contributed by atoms with Crippen molar-refractivity contribution in [1.29, 1.82) is 0 Å². The van der Waals surface area contributed by atoms with Crippen molar-refractivity contribution in [3.63, 3.8) is 0 Å². The van der Waals surface area contributed by atoms with Crippen molar-refractivity contribution in [1.82, 2.24) is 5.32 Å². The van der Waals surface area contributed by atoms with Crippen LogP contribution >= 0.6 is 0 Å². The van der Waals surface area contributed by atoms with E-state index in [2.05, 4.69) is 5.32 Å². The minimum Gasteiger partial charge on any atom is -0.481 e. The fourth-order valence-electron chi connectivity index (χ4n) is 2.43. The molecule has 0 saturated heterocycles. The number of hydrogen-bond acceptors (Lipinski definition) is 2. The molecule has 2 saturated carbocycles. The Bertz CT molecular complexity index is 273. The van der Waals surface area contributed by atoms with Crippen LogP contribution in [0.15, 0.2) is 0 Å². The molecule has 2 fully saturated rings. The van der Waals surface area contributed by atoms with E-state index < -0.39 is 11.9 Å². The van der Waals surface area contributed by atoms with Gasteiger partial charge in [-0.25, -0.2) is 0 Å². The molecule has 4 nitrogen and oxygen atoms in total. The van der Waals surface area contributed by atoms with E-state index in [-0.39, 0.29) is 11.8 Å². The Morgan fingerprint density at radius 1 is 1.00 bits per heavy atom. The van der Waals surface area contributed by atoms with Crippen LogP contribution in [0.5, 0.6) is 0 Å². The van der Waals surface area contributed by atoms with Crippen molar-refractivity contribution in [2.24, 2.45) is 11.8 Å². The molecular formula is C11H17NO3. The van der Waals surface area contributed by atoms with Crippen LogP contribution in [0.4, 0.5) is 0 Å². The highest BCUT2D eigenvalue weighted by Crippen LogP contribution is 2.32. The standard InChI is InChI=1S/C11H17NO3/c13-10(12-7-3-1-4-7)8-5-2-6-9(8)11(14)15/h7-9H,1-6H2,(H,12,13)(H,14,15)/t8-,9+/m0/s1. The van der Waals surface area contributed by atoms with Gasteiger partial charge in [-0.15, -0.1) is 0 Å². The van der Waals surface area contributed by atoms with Crippen molar-refractivity contribution in [3.8, 4) is 0 Å². The molecule has 0 bridgehead atoms. The highest BCUT2D eigenvalue weighted by Gasteiger charge is 2.38. The van der Waals surface area contributed by atoms with Gasteiger partial charge < -0.3 is 10.4 Å². The van der Waals surface area contributed by atoms with Crippen LogP contribution in [0.1, 0.15) is 38.5 Å². The molecule has 2 aliphatic rings. The monoisotopic (exact) mass is 211 g/mol. The first-order valence-corrected chi connectivity index (χ1v) is 5.71. The van der Waals surface area contributed by atoms with Crippen molar-refractivity contribution in [2.75, 3.05) is 0 Å². The molecule has 0 aliphatic heterocycles. The summed E-state index contributed by atoms with van der Waals surface area (Å²) >= 11 is 0. The summed E-state index contributed by atoms with van der Waals surface area (Å²) in [4.78, 5) is 22.7. The van der Waals surface area contributed by atoms with Gasteiger partial charge in [-0.05, 0) is 32.1 Å². The third kappa shape index (κ3) is 2.13. The molecule has 0 aromatic rings. The predicted molar refractivity (Wildman–Crippen MR) is 54.2 cm³/mol. The maximum absolute atomic E-state index is 11.8. The van der Waals surface area contributed by atoms with Crippen LogP contribution in [0.3, 0.4) is 0 Å². The zero-order valence-corrected chi connectivity index (χ0v) is 8.74. The van der Waals surface area contributed by atoms with Crippen LogP contribution in [0.2, 0.25) is 0 Å². The van der Waals surface area contributed by atoms with E-state index in [1.807, 2.05) is 0 Å². The fraction of sp³-hybridized carbons (Fsp3) is 0.818. The first-order valence-electron chi connectivity index (χ1n) is 5.71. The quantitative estimate of drug-likeness (QED) is 0.736. The van der Waals surface area contributed by atoms with Gasteiger partial charge in [-0.2, -0.15) is 0 Å². The summed E-state index contributed by atoms with van der Waals surface area (Å²) in [5.74, 6) is -1.60. The molecule has 2 N–H and O–H groups in total. The first-order chi connectivity index (χ1) is 7.18. The number of carboxylic acid groups (broad SMARTS) is 1. The average Bonchev–Trinajstić information content (AvgIpc) is 2.59. The Hall–Kier alpha value is -1.06. The van der Waals surface area contributed by atoms with Gasteiger partial charge in [0.2, 0.25) is 5.91 Å². The molecule has 1 amide bonds. The summed E-state index contributed by atoms with van der Waals surface area (Å²) in [5.41, 5.74) is 0. The molecule has 4 heteroatoms. The normalized spacial score (nSPS) is 30.9. The van der Waals surface area contributed by atoms with E-state index in [9.17, 15) is 9.59 Å². The maximum Gasteiger partial charge on any atom is 0.307 e. The molecule has 2 rings (SSSR count). The fourth-order valence-corrected chi connectivity index (χ4v) is 2.43. The van der Waals surface area contributed by atoms with Crippen molar-refractivity contribution in [2.45, 2.75) is 44.6 Å². The van der Waals surface area contributed by atoms with Gasteiger partial charge in [0.05, 0.1) is 11.8 Å². The second-order valence-electron chi connectivity index (χ2n) is 4.62. The molecule has 0 radical (unpaired) electrons. The molecular weight excluding hydrogens is 194 g/mol. The molecule has 2 atom stereocenters. The van der Waals surface area contributed by atoms with E-state index in [4.69, 9.17) is 5.11 Å². The minimum absolute atomic E-state index is 0.0374. The lowest BCUT2D eigenvalue weighted by Gasteiger charge is -2.28. The van der Waals surface area contributed by atoms with E-state index in [0.717, 1.165) is 25.7 Å². The van der Waals surface area contributed by atoms with Gasteiger partial charge in [0.25, 0.3) is 0 Å². The first kappa shape index (κ1) is 10.5. The van der Waals surface area contributed by atoms with Crippen LogP contribution < -0.4 is 5.32 Å². The number of amides is 1. The Morgan fingerprint density at radius 2 is 1.60 bits per heavy atom. The highest BCUT2D eigenvalue weighted by atomic mass is 16.4. The molecule has 0 unspecified atom stereocenters. The van der Waals surface area contributed by atoms with Crippen molar-refractivity contribution < 1.29 is 14.7 Å². The number of hydrogen-bond donors (Lipinski definition) is 2. The largest absolute Gasteiger partial charge is 0.481 e. The molecule has 0 spiro atoms. The van der Waals surface area contributed by atoms with Crippen LogP contribution in [-0.2, 0) is 9.59 Å². The molecule has 0 aromatic heterocycles. The van der Waals surface area contributed by atoms with Crippen molar-refractivity contribution in [3.05, 3.63) is 0 Å². The molecule has 0 heterocycles. The van der Waals surface area contributed by atoms with E-state index in [1.54, 1.807) is 0 Å². The Kier molecular flexibility index (Phi) is 2.93. The van der Waals surface area contributed by atoms with Gasteiger partial charge in [-0.1, -0.05) is 6.42 Å². The summed E-state index contributed by atoms with van der Waals surface area (Å²) in [5, 5.41) is 11.9. The number of nitrogens with one attached hydrogen (secondary N) is 1. The van der Waals surface area contributed by atoms with Gasteiger partial charge in [0, 0.05) is 6.04 Å². The number of carbonyl (C=O) groups is 2. The lowest BCUT2D eigenvalue weighted by molar-refractivity contribution is -0.146. The van der Waals surface area contributed by atoms with E-state index in [0.29, 0.717) is 12.5 Å². The number of carbonyl (C=O) groups excluding carboxylic acids is 1. The van der Waals surface area contributed by atoms with Gasteiger partial charge in [0.1, 0.15) is 0 Å². The lowest BCUT2D eigenvalue weighted by Crippen LogP contribution is -2.44. The topological polar surface area (TPSA) is 66.4 Å². The minimum atomic E-state index is -0.818. The summed E-state index contributed by atoms with van der Waals surface area (Å²) in [6.45, 7) is 0. The van der Waals surface area contributed by atoms with E-state index in [1.165, 1.54) is 6.42 Å². The van der Waals surface area contributed by atoms with Gasteiger partial charge in [-0.3, -0.25) is 9.59 Å². The number of carboxylic acids is 1.